The van der Waals surface area contributed by atoms with Crippen LogP contribution in [0.3, 0.4) is 0 Å². The van der Waals surface area contributed by atoms with E-state index in [1.807, 2.05) is 0 Å². The van der Waals surface area contributed by atoms with Crippen molar-refractivity contribution in [3.8, 4) is 0 Å². The monoisotopic (exact) mass is 282 g/mol. The highest BCUT2D eigenvalue weighted by atomic mass is 19.2. The van der Waals surface area contributed by atoms with Crippen molar-refractivity contribution < 1.29 is 18.3 Å². The Balaban J connectivity index is 1.90. The molecule has 1 fully saturated rings. The van der Waals surface area contributed by atoms with E-state index >= 15 is 0 Å². The normalized spacial score (nSPS) is 20.9. The molecule has 108 valence electrons. The van der Waals surface area contributed by atoms with Crippen molar-refractivity contribution in [3.63, 3.8) is 0 Å². The first-order valence-corrected chi connectivity index (χ1v) is 6.68. The Kier molecular flexibility index (Phi) is 3.22. The van der Waals surface area contributed by atoms with Gasteiger partial charge < -0.3 is 15.4 Å². The molecule has 0 bridgehead atoms. The van der Waals surface area contributed by atoms with Crippen molar-refractivity contribution >= 4 is 11.6 Å². The third-order valence-corrected chi connectivity index (χ3v) is 4.07. The number of carbonyl (C=O) groups is 1. The maximum atomic E-state index is 13.4. The number of anilines is 1. The number of carbonyl (C=O) groups excluding carboxylic acids is 1. The van der Waals surface area contributed by atoms with Crippen LogP contribution >= 0.6 is 0 Å². The van der Waals surface area contributed by atoms with E-state index in [9.17, 15) is 13.6 Å². The van der Waals surface area contributed by atoms with Gasteiger partial charge in [-0.15, -0.1) is 0 Å². The summed E-state index contributed by atoms with van der Waals surface area (Å²) in [7, 11) is 0. The topological polar surface area (TPSA) is 55.6 Å². The number of benzene rings is 1. The molecular formula is C14H16F2N2O2. The molecule has 0 aliphatic carbocycles. The van der Waals surface area contributed by atoms with E-state index in [4.69, 9.17) is 10.5 Å². The number of halogens is 2. The zero-order valence-electron chi connectivity index (χ0n) is 11.0. The van der Waals surface area contributed by atoms with Gasteiger partial charge in [0.1, 0.15) is 5.54 Å². The van der Waals surface area contributed by atoms with Crippen LogP contribution in [0, 0.1) is 11.6 Å². The fraction of sp³-hybridized carbons (Fsp3) is 0.500. The fourth-order valence-corrected chi connectivity index (χ4v) is 2.81. The molecule has 0 spiro atoms. The SMILES string of the molecule is NC1(C(=O)N2CCc3cc(F)c(F)cc32)CCOCC1. The van der Waals surface area contributed by atoms with E-state index < -0.39 is 17.2 Å². The van der Waals surface area contributed by atoms with Crippen molar-refractivity contribution in [3.05, 3.63) is 29.3 Å². The van der Waals surface area contributed by atoms with Crippen LogP contribution in [0.2, 0.25) is 0 Å². The summed E-state index contributed by atoms with van der Waals surface area (Å²) in [6.07, 6.45) is 1.41. The first-order chi connectivity index (χ1) is 9.51. The molecule has 3 rings (SSSR count). The lowest BCUT2D eigenvalue weighted by Crippen LogP contribution is -2.58. The van der Waals surface area contributed by atoms with Crippen LogP contribution in [0.5, 0.6) is 0 Å². The first-order valence-electron chi connectivity index (χ1n) is 6.68. The Hall–Kier alpha value is -1.53. The molecule has 2 aliphatic rings. The number of nitrogens with two attached hydrogens (primary N) is 1. The minimum atomic E-state index is -0.968. The number of fused-ring (bicyclic) bond motifs is 1. The minimum Gasteiger partial charge on any atom is -0.381 e. The molecule has 0 saturated carbocycles. The molecule has 4 nitrogen and oxygen atoms in total. The van der Waals surface area contributed by atoms with E-state index in [0.717, 1.165) is 12.1 Å². The summed E-state index contributed by atoms with van der Waals surface area (Å²) in [5.41, 5.74) is 6.28. The molecule has 6 heteroatoms. The van der Waals surface area contributed by atoms with E-state index in [1.165, 1.54) is 4.90 Å². The number of rotatable bonds is 1. The van der Waals surface area contributed by atoms with Gasteiger partial charge in [0.2, 0.25) is 5.91 Å². The number of hydrogen-bond acceptors (Lipinski definition) is 3. The third-order valence-electron chi connectivity index (χ3n) is 4.07. The fourth-order valence-electron chi connectivity index (χ4n) is 2.81. The van der Waals surface area contributed by atoms with Crippen LogP contribution in [0.4, 0.5) is 14.5 Å². The van der Waals surface area contributed by atoms with Gasteiger partial charge in [0.15, 0.2) is 11.6 Å². The van der Waals surface area contributed by atoms with Gasteiger partial charge in [-0.1, -0.05) is 0 Å². The average Bonchev–Trinajstić information content (AvgIpc) is 2.82. The van der Waals surface area contributed by atoms with Gasteiger partial charge in [-0.2, -0.15) is 0 Å². The van der Waals surface area contributed by atoms with Gasteiger partial charge in [-0.05, 0) is 30.9 Å². The molecule has 0 aromatic heterocycles. The van der Waals surface area contributed by atoms with E-state index in [1.54, 1.807) is 0 Å². The highest BCUT2D eigenvalue weighted by Gasteiger charge is 2.41. The van der Waals surface area contributed by atoms with Gasteiger partial charge in [0.05, 0.1) is 5.69 Å². The van der Waals surface area contributed by atoms with Crippen molar-refractivity contribution in [2.45, 2.75) is 24.8 Å². The summed E-state index contributed by atoms with van der Waals surface area (Å²) in [6, 6.07) is 2.24. The van der Waals surface area contributed by atoms with Crippen LogP contribution in [0.25, 0.3) is 0 Å². The second-order valence-electron chi connectivity index (χ2n) is 5.37. The summed E-state index contributed by atoms with van der Waals surface area (Å²) < 4.78 is 31.8. The number of ether oxygens (including phenoxy) is 1. The Labute approximate surface area is 115 Å². The molecule has 1 aromatic rings. The maximum absolute atomic E-state index is 13.4. The Morgan fingerprint density at radius 1 is 1.25 bits per heavy atom. The molecule has 1 amide bonds. The highest BCUT2D eigenvalue weighted by Crippen LogP contribution is 2.33. The number of nitrogens with zero attached hydrogens (tertiary/aromatic N) is 1. The molecule has 2 N–H and O–H groups in total. The van der Waals surface area contributed by atoms with Crippen LogP contribution in [0.1, 0.15) is 18.4 Å². The van der Waals surface area contributed by atoms with E-state index in [2.05, 4.69) is 0 Å². The molecule has 1 saturated heterocycles. The summed E-state index contributed by atoms with van der Waals surface area (Å²) in [4.78, 5) is 14.1. The van der Waals surface area contributed by atoms with E-state index in [0.29, 0.717) is 50.3 Å². The quantitative estimate of drug-likeness (QED) is 0.846. The number of hydrogen-bond donors (Lipinski definition) is 1. The average molecular weight is 282 g/mol. The van der Waals surface area contributed by atoms with Gasteiger partial charge in [-0.25, -0.2) is 8.78 Å². The van der Waals surface area contributed by atoms with Gasteiger partial charge in [-0.3, -0.25) is 4.79 Å². The van der Waals surface area contributed by atoms with Crippen LogP contribution < -0.4 is 10.6 Å². The standard InChI is InChI=1S/C14H16F2N2O2/c15-10-7-9-1-4-18(12(9)8-11(10)16)13(19)14(17)2-5-20-6-3-14/h7-8H,1-6,17H2. The zero-order valence-corrected chi connectivity index (χ0v) is 11.0. The lowest BCUT2D eigenvalue weighted by molar-refractivity contribution is -0.126. The van der Waals surface area contributed by atoms with Crippen LogP contribution in [0.15, 0.2) is 12.1 Å². The Morgan fingerprint density at radius 2 is 1.90 bits per heavy atom. The van der Waals surface area contributed by atoms with Crippen molar-refractivity contribution in [1.29, 1.82) is 0 Å². The van der Waals surface area contributed by atoms with Crippen LogP contribution in [-0.4, -0.2) is 31.2 Å². The largest absolute Gasteiger partial charge is 0.381 e. The molecule has 2 aliphatic heterocycles. The van der Waals surface area contributed by atoms with Gasteiger partial charge >= 0.3 is 0 Å². The summed E-state index contributed by atoms with van der Waals surface area (Å²) in [5.74, 6) is -2.06. The van der Waals surface area contributed by atoms with Crippen molar-refractivity contribution in [2.75, 3.05) is 24.7 Å². The molecule has 0 radical (unpaired) electrons. The minimum absolute atomic E-state index is 0.231. The molecular weight excluding hydrogens is 266 g/mol. The molecule has 1 aromatic carbocycles. The first kappa shape index (κ1) is 13.5. The summed E-state index contributed by atoms with van der Waals surface area (Å²) >= 11 is 0. The molecule has 2 heterocycles. The van der Waals surface area contributed by atoms with Crippen LogP contribution in [-0.2, 0) is 16.0 Å². The molecule has 0 unspecified atom stereocenters. The smallest absolute Gasteiger partial charge is 0.247 e. The second kappa shape index (κ2) is 4.79. The zero-order chi connectivity index (χ0) is 14.3. The molecule has 0 atom stereocenters. The van der Waals surface area contributed by atoms with Crippen molar-refractivity contribution in [2.24, 2.45) is 5.73 Å². The van der Waals surface area contributed by atoms with Gasteiger partial charge in [0, 0.05) is 25.8 Å². The lowest BCUT2D eigenvalue weighted by atomic mass is 9.89. The second-order valence-corrected chi connectivity index (χ2v) is 5.37. The lowest BCUT2D eigenvalue weighted by Gasteiger charge is -2.35. The maximum Gasteiger partial charge on any atom is 0.247 e. The van der Waals surface area contributed by atoms with E-state index in [-0.39, 0.29) is 5.91 Å². The Bertz CT molecular complexity index is 556. The summed E-state index contributed by atoms with van der Waals surface area (Å²) in [6.45, 7) is 1.30. The predicted octanol–water partition coefficient (Wildman–Crippen LogP) is 1.36. The third kappa shape index (κ3) is 2.09. The summed E-state index contributed by atoms with van der Waals surface area (Å²) in [5, 5.41) is 0. The highest BCUT2D eigenvalue weighted by molar-refractivity contribution is 6.01. The molecule has 20 heavy (non-hydrogen) atoms. The van der Waals surface area contributed by atoms with Gasteiger partial charge in [0.25, 0.3) is 0 Å². The number of amides is 1. The predicted molar refractivity (Wildman–Crippen MR) is 69.4 cm³/mol. The van der Waals surface area contributed by atoms with Crippen molar-refractivity contribution in [1.82, 2.24) is 0 Å². The Morgan fingerprint density at radius 3 is 2.60 bits per heavy atom.